The lowest BCUT2D eigenvalue weighted by Crippen LogP contribution is -2.49. The van der Waals surface area contributed by atoms with Gasteiger partial charge in [0.15, 0.2) is 0 Å². The monoisotopic (exact) mass is 306 g/mol. The Balaban J connectivity index is 2.95. The van der Waals surface area contributed by atoms with Crippen LogP contribution >= 0.6 is 11.3 Å². The van der Waals surface area contributed by atoms with Crippen LogP contribution in [0.1, 0.15) is 23.5 Å². The molecular weight excluding hydrogens is 292 g/mol. The second-order valence-corrected chi connectivity index (χ2v) is 7.04. The number of amides is 1. The molecule has 0 spiro atoms. The molecule has 0 saturated heterocycles. The number of hydrogen-bond acceptors (Lipinski definition) is 5. The van der Waals surface area contributed by atoms with E-state index in [2.05, 4.69) is 10.0 Å². The Bertz CT molecular complexity index is 603. The van der Waals surface area contributed by atoms with Crippen molar-refractivity contribution in [3.8, 4) is 0 Å². The molecule has 0 aliphatic carbocycles. The predicted molar refractivity (Wildman–Crippen MR) is 69.7 cm³/mol. The van der Waals surface area contributed by atoms with Crippen molar-refractivity contribution in [2.24, 2.45) is 0 Å². The van der Waals surface area contributed by atoms with Gasteiger partial charge in [-0.1, -0.05) is 0 Å². The standard InChI is InChI=1S/C10H14N2O5S2/c1-10(2,9(14)15)12-8(13)7-4-6(5-18-7)19(16,17)11-3/h4-5,11H,1-3H3,(H,12,13)(H,14,15). The smallest absolute Gasteiger partial charge is 0.328 e. The van der Waals surface area contributed by atoms with Crippen molar-refractivity contribution in [2.45, 2.75) is 24.3 Å². The molecule has 3 N–H and O–H groups in total. The molecule has 106 valence electrons. The van der Waals surface area contributed by atoms with Gasteiger partial charge in [0.25, 0.3) is 5.91 Å². The van der Waals surface area contributed by atoms with E-state index in [1.807, 2.05) is 0 Å². The zero-order valence-corrected chi connectivity index (χ0v) is 12.2. The Morgan fingerprint density at radius 1 is 1.37 bits per heavy atom. The van der Waals surface area contributed by atoms with E-state index in [0.29, 0.717) is 0 Å². The van der Waals surface area contributed by atoms with Gasteiger partial charge in [0, 0.05) is 5.38 Å². The highest BCUT2D eigenvalue weighted by Gasteiger charge is 2.30. The average Bonchev–Trinajstić information content (AvgIpc) is 2.78. The fourth-order valence-corrected chi connectivity index (χ4v) is 2.99. The second-order valence-electron chi connectivity index (χ2n) is 4.24. The van der Waals surface area contributed by atoms with Gasteiger partial charge in [0.05, 0.1) is 9.77 Å². The van der Waals surface area contributed by atoms with Crippen LogP contribution in [0.4, 0.5) is 0 Å². The van der Waals surface area contributed by atoms with Crippen LogP contribution in [0.3, 0.4) is 0 Å². The van der Waals surface area contributed by atoms with Crippen LogP contribution in [0.15, 0.2) is 16.3 Å². The zero-order valence-electron chi connectivity index (χ0n) is 10.6. The second kappa shape index (κ2) is 5.27. The van der Waals surface area contributed by atoms with E-state index >= 15 is 0 Å². The molecule has 0 aromatic carbocycles. The van der Waals surface area contributed by atoms with Crippen molar-refractivity contribution in [3.05, 3.63) is 16.3 Å². The number of sulfonamides is 1. The van der Waals surface area contributed by atoms with Crippen molar-refractivity contribution < 1.29 is 23.1 Å². The van der Waals surface area contributed by atoms with E-state index in [1.54, 1.807) is 0 Å². The maximum absolute atomic E-state index is 11.8. The van der Waals surface area contributed by atoms with E-state index in [4.69, 9.17) is 5.11 Å². The summed E-state index contributed by atoms with van der Waals surface area (Å²) in [5, 5.41) is 12.5. The summed E-state index contributed by atoms with van der Waals surface area (Å²) in [4.78, 5) is 22.8. The van der Waals surface area contributed by atoms with Gasteiger partial charge in [0.2, 0.25) is 10.0 Å². The lowest BCUT2D eigenvalue weighted by molar-refractivity contribution is -0.143. The number of rotatable bonds is 5. The molecule has 0 aliphatic rings. The van der Waals surface area contributed by atoms with Crippen LogP contribution in [0.2, 0.25) is 0 Å². The van der Waals surface area contributed by atoms with Crippen molar-refractivity contribution in [1.29, 1.82) is 0 Å². The molecule has 19 heavy (non-hydrogen) atoms. The van der Waals surface area contributed by atoms with Gasteiger partial charge in [-0.05, 0) is 27.0 Å². The van der Waals surface area contributed by atoms with Crippen LogP contribution in [0.5, 0.6) is 0 Å². The normalized spacial score (nSPS) is 12.2. The molecule has 1 amide bonds. The lowest BCUT2D eigenvalue weighted by atomic mass is 10.1. The van der Waals surface area contributed by atoms with E-state index in [0.717, 1.165) is 11.3 Å². The lowest BCUT2D eigenvalue weighted by Gasteiger charge is -2.20. The first-order chi connectivity index (χ1) is 8.60. The quantitative estimate of drug-likeness (QED) is 0.722. The van der Waals surface area contributed by atoms with Gasteiger partial charge in [0.1, 0.15) is 5.54 Å². The molecule has 1 heterocycles. The van der Waals surface area contributed by atoms with E-state index in [1.165, 1.54) is 32.3 Å². The molecule has 0 saturated carbocycles. The fraction of sp³-hybridized carbons (Fsp3) is 0.400. The Labute approximate surface area is 114 Å². The van der Waals surface area contributed by atoms with Crippen LogP contribution < -0.4 is 10.0 Å². The summed E-state index contributed by atoms with van der Waals surface area (Å²) in [6.45, 7) is 2.68. The maximum atomic E-state index is 11.8. The molecule has 1 aromatic heterocycles. The molecule has 1 rings (SSSR count). The molecule has 9 heteroatoms. The topological polar surface area (TPSA) is 113 Å². The average molecular weight is 306 g/mol. The fourth-order valence-electron chi connectivity index (χ4n) is 1.10. The molecule has 0 fully saturated rings. The van der Waals surface area contributed by atoms with Crippen LogP contribution in [-0.2, 0) is 14.8 Å². The maximum Gasteiger partial charge on any atom is 0.328 e. The van der Waals surface area contributed by atoms with E-state index in [9.17, 15) is 18.0 Å². The van der Waals surface area contributed by atoms with Gasteiger partial charge in [-0.25, -0.2) is 17.9 Å². The minimum atomic E-state index is -3.61. The molecular formula is C10H14N2O5S2. The molecule has 0 bridgehead atoms. The SMILES string of the molecule is CNS(=O)(=O)c1csc(C(=O)NC(C)(C)C(=O)O)c1. The van der Waals surface area contributed by atoms with Crippen molar-refractivity contribution >= 4 is 33.2 Å². The third-order valence-electron chi connectivity index (χ3n) is 2.34. The molecule has 0 radical (unpaired) electrons. The minimum absolute atomic E-state index is 0.0294. The summed E-state index contributed by atoms with van der Waals surface area (Å²) in [6.07, 6.45) is 0. The van der Waals surface area contributed by atoms with Gasteiger partial charge >= 0.3 is 5.97 Å². The number of thiophene rings is 1. The van der Waals surface area contributed by atoms with Crippen LogP contribution in [0, 0.1) is 0 Å². The number of aliphatic carboxylic acids is 1. The van der Waals surface area contributed by atoms with E-state index in [-0.39, 0.29) is 9.77 Å². The number of carbonyl (C=O) groups is 2. The summed E-state index contributed by atoms with van der Waals surface area (Å²) in [5.74, 6) is -1.81. The molecule has 0 aliphatic heterocycles. The van der Waals surface area contributed by atoms with Crippen molar-refractivity contribution in [1.82, 2.24) is 10.0 Å². The van der Waals surface area contributed by atoms with E-state index < -0.39 is 27.4 Å². The van der Waals surface area contributed by atoms with Gasteiger partial charge < -0.3 is 10.4 Å². The van der Waals surface area contributed by atoms with Crippen molar-refractivity contribution in [3.63, 3.8) is 0 Å². The third kappa shape index (κ3) is 3.52. The third-order valence-corrected chi connectivity index (χ3v) is 4.81. The summed E-state index contributed by atoms with van der Waals surface area (Å²) in [7, 11) is -2.34. The molecule has 0 unspecified atom stereocenters. The van der Waals surface area contributed by atoms with Crippen molar-refractivity contribution in [2.75, 3.05) is 7.05 Å². The van der Waals surface area contributed by atoms with Crippen LogP contribution in [-0.4, -0.2) is 38.0 Å². The zero-order chi connectivity index (χ0) is 14.8. The number of carboxylic acid groups (broad SMARTS) is 1. The van der Waals surface area contributed by atoms with Gasteiger partial charge in [-0.3, -0.25) is 4.79 Å². The Morgan fingerprint density at radius 2 is 1.95 bits per heavy atom. The molecule has 1 aromatic rings. The van der Waals surface area contributed by atoms with Gasteiger partial charge in [-0.15, -0.1) is 11.3 Å². The van der Waals surface area contributed by atoms with Crippen LogP contribution in [0.25, 0.3) is 0 Å². The molecule has 7 nitrogen and oxygen atoms in total. The highest BCUT2D eigenvalue weighted by molar-refractivity contribution is 7.89. The Morgan fingerprint density at radius 3 is 2.42 bits per heavy atom. The summed E-state index contributed by atoms with van der Waals surface area (Å²) in [6, 6.07) is 1.20. The summed E-state index contributed by atoms with van der Waals surface area (Å²) in [5.41, 5.74) is -1.43. The van der Waals surface area contributed by atoms with Gasteiger partial charge in [-0.2, -0.15) is 0 Å². The summed E-state index contributed by atoms with van der Waals surface area (Å²) >= 11 is 0.928. The largest absolute Gasteiger partial charge is 0.480 e. The first kappa shape index (κ1) is 15.6. The predicted octanol–water partition coefficient (Wildman–Crippen LogP) is 0.249. The minimum Gasteiger partial charge on any atom is -0.480 e. The molecule has 0 atom stereocenters. The number of hydrogen-bond donors (Lipinski definition) is 3. The number of carbonyl (C=O) groups excluding carboxylic acids is 1. The first-order valence-electron chi connectivity index (χ1n) is 5.18. The Kier molecular flexibility index (Phi) is 4.33. The number of carboxylic acids is 1. The number of nitrogens with one attached hydrogen (secondary N) is 2. The highest BCUT2D eigenvalue weighted by Crippen LogP contribution is 2.19. The Hall–Kier alpha value is -1.45. The first-order valence-corrected chi connectivity index (χ1v) is 7.54. The highest BCUT2D eigenvalue weighted by atomic mass is 32.2. The summed E-state index contributed by atoms with van der Waals surface area (Å²) < 4.78 is 25.1.